The van der Waals surface area contributed by atoms with Crippen LogP contribution in [-0.2, 0) is 9.59 Å². The van der Waals surface area contributed by atoms with E-state index in [1.165, 1.54) is 0 Å². The lowest BCUT2D eigenvalue weighted by Crippen LogP contribution is -2.49. The number of hydrogen-bond donors (Lipinski definition) is 2. The van der Waals surface area contributed by atoms with E-state index in [2.05, 4.69) is 15.5 Å². The van der Waals surface area contributed by atoms with E-state index in [-0.39, 0.29) is 18.2 Å². The molecule has 2 fully saturated rings. The molecule has 134 valence electrons. The van der Waals surface area contributed by atoms with Gasteiger partial charge in [-0.1, -0.05) is 23.2 Å². The monoisotopic (exact) mass is 384 g/mol. The van der Waals surface area contributed by atoms with Crippen molar-refractivity contribution >= 4 is 46.7 Å². The van der Waals surface area contributed by atoms with Crippen LogP contribution >= 0.6 is 23.2 Å². The molecule has 2 N–H and O–H groups in total. The van der Waals surface area contributed by atoms with Crippen molar-refractivity contribution in [1.29, 1.82) is 0 Å². The maximum absolute atomic E-state index is 12.3. The Kier molecular flexibility index (Phi) is 5.34. The largest absolute Gasteiger partial charge is 0.368 e. The normalized spacial score (nSPS) is 20.5. The quantitative estimate of drug-likeness (QED) is 0.772. The molecule has 0 aromatic heterocycles. The highest BCUT2D eigenvalue weighted by molar-refractivity contribution is 6.35. The van der Waals surface area contributed by atoms with Gasteiger partial charge in [0.25, 0.3) is 5.91 Å². The predicted molar refractivity (Wildman–Crippen MR) is 95.0 cm³/mol. The number of imide groups is 1. The number of urea groups is 1. The van der Waals surface area contributed by atoms with Gasteiger partial charge in [0.15, 0.2) is 0 Å². The Balaban J connectivity index is 1.49. The third kappa shape index (κ3) is 4.35. The van der Waals surface area contributed by atoms with E-state index in [0.29, 0.717) is 42.6 Å². The van der Waals surface area contributed by atoms with Crippen molar-refractivity contribution in [2.45, 2.75) is 18.9 Å². The number of nitrogens with one attached hydrogen (secondary N) is 2. The van der Waals surface area contributed by atoms with Crippen molar-refractivity contribution in [3.63, 3.8) is 0 Å². The Morgan fingerprint density at radius 2 is 1.72 bits per heavy atom. The number of rotatable bonds is 4. The van der Waals surface area contributed by atoms with Gasteiger partial charge >= 0.3 is 6.03 Å². The summed E-state index contributed by atoms with van der Waals surface area (Å²) in [6.07, 6.45) is 0.530. The lowest BCUT2D eigenvalue weighted by Gasteiger charge is -2.36. The summed E-state index contributed by atoms with van der Waals surface area (Å²) in [6, 6.07) is 4.27. The molecule has 2 aliphatic rings. The molecule has 0 saturated carbocycles. The maximum atomic E-state index is 12.3. The molecule has 0 radical (unpaired) electrons. The number of carbonyl (C=O) groups is 3. The van der Waals surface area contributed by atoms with Crippen LogP contribution in [0.3, 0.4) is 0 Å². The molecule has 1 aromatic rings. The Labute approximate surface area is 155 Å². The molecule has 1 aromatic carbocycles. The van der Waals surface area contributed by atoms with Gasteiger partial charge in [-0.3, -0.25) is 14.9 Å². The second-order valence-corrected chi connectivity index (χ2v) is 6.92. The van der Waals surface area contributed by atoms with E-state index in [1.807, 2.05) is 12.1 Å². The summed E-state index contributed by atoms with van der Waals surface area (Å²) < 4.78 is 0. The first-order valence-electron chi connectivity index (χ1n) is 8.02. The van der Waals surface area contributed by atoms with E-state index in [0.717, 1.165) is 5.69 Å². The molecule has 25 heavy (non-hydrogen) atoms. The third-order valence-electron chi connectivity index (χ3n) is 4.35. The van der Waals surface area contributed by atoms with Gasteiger partial charge < -0.3 is 15.1 Å². The lowest BCUT2D eigenvalue weighted by molar-refractivity contribution is -0.131. The summed E-state index contributed by atoms with van der Waals surface area (Å²) in [7, 11) is 0. The standard InChI is InChI=1S/C16H18Cl2N4O3/c17-10-7-11(18)9-12(8-10)21-3-5-22(6-4-21)14(23)2-1-13-15(24)20-16(25)19-13/h7-9,13H,1-6H2,(H2,19,20,24,25). The maximum Gasteiger partial charge on any atom is 0.322 e. The van der Waals surface area contributed by atoms with E-state index in [4.69, 9.17) is 23.2 Å². The Bertz CT molecular complexity index is 684. The molecule has 2 saturated heterocycles. The number of piperazine rings is 1. The Hall–Kier alpha value is -1.99. The summed E-state index contributed by atoms with van der Waals surface area (Å²) in [5.41, 5.74) is 0.940. The molecule has 1 unspecified atom stereocenters. The zero-order valence-electron chi connectivity index (χ0n) is 13.4. The lowest BCUT2D eigenvalue weighted by atomic mass is 10.1. The zero-order valence-corrected chi connectivity index (χ0v) is 14.9. The highest BCUT2D eigenvalue weighted by Gasteiger charge is 2.30. The number of carbonyl (C=O) groups excluding carboxylic acids is 3. The van der Waals surface area contributed by atoms with Crippen LogP contribution in [0.5, 0.6) is 0 Å². The number of anilines is 1. The van der Waals surface area contributed by atoms with Crippen LogP contribution in [0.15, 0.2) is 18.2 Å². The molecule has 0 bridgehead atoms. The molecule has 0 aliphatic carbocycles. The van der Waals surface area contributed by atoms with Gasteiger partial charge in [0.05, 0.1) is 0 Å². The molecule has 4 amide bonds. The SMILES string of the molecule is O=C1NC(=O)C(CCC(=O)N2CCN(c3cc(Cl)cc(Cl)c3)CC2)N1. The fraction of sp³-hybridized carbons (Fsp3) is 0.438. The van der Waals surface area contributed by atoms with Gasteiger partial charge in [-0.15, -0.1) is 0 Å². The van der Waals surface area contributed by atoms with Gasteiger partial charge in [-0.05, 0) is 24.6 Å². The van der Waals surface area contributed by atoms with Crippen molar-refractivity contribution in [3.05, 3.63) is 28.2 Å². The average Bonchev–Trinajstić information content (AvgIpc) is 2.89. The highest BCUT2D eigenvalue weighted by Crippen LogP contribution is 2.26. The number of benzene rings is 1. The number of hydrogen-bond acceptors (Lipinski definition) is 4. The molecular formula is C16H18Cl2N4O3. The van der Waals surface area contributed by atoms with Crippen molar-refractivity contribution in [3.8, 4) is 0 Å². The minimum atomic E-state index is -0.619. The van der Waals surface area contributed by atoms with Gasteiger partial charge in [0, 0.05) is 48.3 Å². The first-order chi connectivity index (χ1) is 11.9. The van der Waals surface area contributed by atoms with E-state index < -0.39 is 12.1 Å². The number of amides is 4. The average molecular weight is 385 g/mol. The third-order valence-corrected chi connectivity index (χ3v) is 4.79. The van der Waals surface area contributed by atoms with Crippen molar-refractivity contribution in [1.82, 2.24) is 15.5 Å². The summed E-state index contributed by atoms with van der Waals surface area (Å²) in [5.74, 6) is -0.391. The smallest absolute Gasteiger partial charge is 0.322 e. The fourth-order valence-corrected chi connectivity index (χ4v) is 3.54. The van der Waals surface area contributed by atoms with Gasteiger partial charge in [0.2, 0.25) is 5.91 Å². The van der Waals surface area contributed by atoms with Gasteiger partial charge in [-0.2, -0.15) is 0 Å². The van der Waals surface area contributed by atoms with Crippen molar-refractivity contribution in [2.75, 3.05) is 31.1 Å². The molecule has 0 spiro atoms. The van der Waals surface area contributed by atoms with Crippen molar-refractivity contribution < 1.29 is 14.4 Å². The first-order valence-corrected chi connectivity index (χ1v) is 8.78. The van der Waals surface area contributed by atoms with Crippen molar-refractivity contribution in [2.24, 2.45) is 0 Å². The second kappa shape index (κ2) is 7.49. The van der Waals surface area contributed by atoms with Crippen LogP contribution in [0, 0.1) is 0 Å². The Morgan fingerprint density at radius 1 is 1.08 bits per heavy atom. The van der Waals surface area contributed by atoms with Crippen LogP contribution in [0.1, 0.15) is 12.8 Å². The topological polar surface area (TPSA) is 81.8 Å². The minimum Gasteiger partial charge on any atom is -0.368 e. The first kappa shape index (κ1) is 17.8. The molecular weight excluding hydrogens is 367 g/mol. The minimum absolute atomic E-state index is 0.0160. The summed E-state index contributed by atoms with van der Waals surface area (Å²) in [6.45, 7) is 2.55. The molecule has 7 nitrogen and oxygen atoms in total. The second-order valence-electron chi connectivity index (χ2n) is 6.05. The van der Waals surface area contributed by atoms with Crippen LogP contribution in [0.25, 0.3) is 0 Å². The summed E-state index contributed by atoms with van der Waals surface area (Å²) in [4.78, 5) is 38.8. The highest BCUT2D eigenvalue weighted by atomic mass is 35.5. The van der Waals surface area contributed by atoms with E-state index in [1.54, 1.807) is 11.0 Å². The van der Waals surface area contributed by atoms with Gasteiger partial charge in [0.1, 0.15) is 6.04 Å². The zero-order chi connectivity index (χ0) is 18.0. The van der Waals surface area contributed by atoms with E-state index in [9.17, 15) is 14.4 Å². The Morgan fingerprint density at radius 3 is 2.28 bits per heavy atom. The van der Waals surface area contributed by atoms with Crippen LogP contribution in [-0.4, -0.2) is 55.0 Å². The molecule has 9 heteroatoms. The molecule has 2 aliphatic heterocycles. The fourth-order valence-electron chi connectivity index (χ4n) is 3.02. The molecule has 2 heterocycles. The molecule has 3 rings (SSSR count). The molecule has 1 atom stereocenters. The van der Waals surface area contributed by atoms with Gasteiger partial charge in [-0.25, -0.2) is 4.79 Å². The number of nitrogens with zero attached hydrogens (tertiary/aromatic N) is 2. The summed E-state index contributed by atoms with van der Waals surface area (Å²) in [5, 5.41) is 5.82. The van der Waals surface area contributed by atoms with Crippen LogP contribution < -0.4 is 15.5 Å². The summed E-state index contributed by atoms with van der Waals surface area (Å²) >= 11 is 12.1. The predicted octanol–water partition coefficient (Wildman–Crippen LogP) is 1.63. The number of halogens is 2. The van der Waals surface area contributed by atoms with Crippen LogP contribution in [0.2, 0.25) is 10.0 Å². The van der Waals surface area contributed by atoms with Crippen LogP contribution in [0.4, 0.5) is 10.5 Å². The van der Waals surface area contributed by atoms with E-state index >= 15 is 0 Å².